The van der Waals surface area contributed by atoms with Gasteiger partial charge in [0.05, 0.1) is 13.2 Å². The summed E-state index contributed by atoms with van der Waals surface area (Å²) in [5.41, 5.74) is 5.09. The first-order chi connectivity index (χ1) is 9.73. The Labute approximate surface area is 120 Å². The second-order valence-corrected chi connectivity index (χ2v) is 5.79. The monoisotopic (exact) mass is 333 g/mol. The van der Waals surface area contributed by atoms with E-state index in [1.54, 1.807) is 0 Å². The van der Waals surface area contributed by atoms with Gasteiger partial charge < -0.3 is 40.9 Å². The lowest BCUT2D eigenvalue weighted by molar-refractivity contribution is -0.297. The van der Waals surface area contributed by atoms with Gasteiger partial charge in [-0.25, -0.2) is 4.57 Å². The van der Waals surface area contributed by atoms with E-state index in [-0.39, 0.29) is 13.2 Å². The van der Waals surface area contributed by atoms with Crippen LogP contribution < -0.4 is 5.73 Å². The Morgan fingerprint density at radius 3 is 2.33 bits per heavy atom. The zero-order valence-electron chi connectivity index (χ0n) is 10.9. The van der Waals surface area contributed by atoms with Gasteiger partial charge in [-0.3, -0.25) is 9.05 Å². The van der Waals surface area contributed by atoms with Crippen LogP contribution in [0.1, 0.15) is 0 Å². The fourth-order valence-corrected chi connectivity index (χ4v) is 2.69. The molecule has 1 fully saturated rings. The van der Waals surface area contributed by atoms with Crippen LogP contribution in [0.2, 0.25) is 0 Å². The average Bonchev–Trinajstić information content (AvgIpc) is 2.44. The Bertz CT molecular complexity index is 370. The second kappa shape index (κ2) is 7.90. The Morgan fingerprint density at radius 1 is 1.19 bits per heavy atom. The summed E-state index contributed by atoms with van der Waals surface area (Å²) in [6.45, 7) is -1.22. The molecule has 1 rings (SSSR count). The highest BCUT2D eigenvalue weighted by Gasteiger charge is 2.48. The summed E-state index contributed by atoms with van der Waals surface area (Å²) in [4.78, 5) is 9.38. The normalized spacial score (nSPS) is 38.0. The number of aliphatic hydroxyl groups is 5. The first-order valence-electron chi connectivity index (χ1n) is 6.08. The minimum atomic E-state index is -4.59. The zero-order chi connectivity index (χ0) is 16.2. The number of hydrogen-bond acceptors (Lipinski definition) is 10. The van der Waals surface area contributed by atoms with Crippen molar-refractivity contribution in [1.82, 2.24) is 0 Å². The summed E-state index contributed by atoms with van der Waals surface area (Å²) < 4.78 is 25.4. The van der Waals surface area contributed by atoms with Crippen LogP contribution in [0.15, 0.2) is 0 Å². The summed E-state index contributed by atoms with van der Waals surface area (Å²) >= 11 is 0. The minimum Gasteiger partial charge on any atom is -0.394 e. The molecule has 11 nitrogen and oxygen atoms in total. The molecule has 12 heteroatoms. The quantitative estimate of drug-likeness (QED) is 0.226. The molecule has 0 aromatic heterocycles. The molecule has 0 aromatic rings. The van der Waals surface area contributed by atoms with Gasteiger partial charge in [0, 0.05) is 6.54 Å². The summed E-state index contributed by atoms with van der Waals surface area (Å²) in [6.07, 6.45) is -10.4. The van der Waals surface area contributed by atoms with Crippen molar-refractivity contribution in [2.75, 3.05) is 19.8 Å². The van der Waals surface area contributed by atoms with Gasteiger partial charge in [-0.1, -0.05) is 0 Å². The first-order valence-corrected chi connectivity index (χ1v) is 7.57. The number of phosphoric ester groups is 1. The largest absolute Gasteiger partial charge is 0.472 e. The molecule has 1 aliphatic heterocycles. The molecule has 126 valence electrons. The molecule has 0 bridgehead atoms. The standard InChI is InChI=1S/C9H20NO10P/c10-1-2-18-21(16,17)20-4(3-11)8-6(13)5(12)7(14)9(15)19-8/h4-9,11-15H,1-3,10H2,(H,16,17)/t4-,5-,6-,7-,8+,9-/m0/s1. The topological polar surface area (TPSA) is 192 Å². The third-order valence-corrected chi connectivity index (χ3v) is 3.86. The predicted molar refractivity (Wildman–Crippen MR) is 65.7 cm³/mol. The Morgan fingerprint density at radius 2 is 1.81 bits per heavy atom. The van der Waals surface area contributed by atoms with E-state index in [0.717, 1.165) is 0 Å². The summed E-state index contributed by atoms with van der Waals surface area (Å²) in [5, 5.41) is 47.1. The maximum atomic E-state index is 11.6. The van der Waals surface area contributed by atoms with Crippen LogP contribution in [0.4, 0.5) is 0 Å². The fraction of sp³-hybridized carbons (Fsp3) is 1.00. The molecule has 7 atom stereocenters. The summed E-state index contributed by atoms with van der Waals surface area (Å²) in [6, 6.07) is 0. The van der Waals surface area contributed by atoms with Crippen LogP contribution in [-0.4, -0.2) is 87.0 Å². The smallest absolute Gasteiger partial charge is 0.394 e. The van der Waals surface area contributed by atoms with Gasteiger partial charge in [0.15, 0.2) is 6.29 Å². The van der Waals surface area contributed by atoms with E-state index in [0.29, 0.717) is 0 Å². The fourth-order valence-electron chi connectivity index (χ4n) is 1.76. The Kier molecular flexibility index (Phi) is 7.10. The van der Waals surface area contributed by atoms with Crippen molar-refractivity contribution in [1.29, 1.82) is 0 Å². The van der Waals surface area contributed by atoms with Crippen molar-refractivity contribution < 1.29 is 48.8 Å². The van der Waals surface area contributed by atoms with Crippen molar-refractivity contribution >= 4 is 7.82 Å². The molecule has 0 radical (unpaired) electrons. The van der Waals surface area contributed by atoms with Crippen molar-refractivity contribution in [2.24, 2.45) is 5.73 Å². The van der Waals surface area contributed by atoms with Crippen LogP contribution in [0.3, 0.4) is 0 Å². The molecule has 0 spiro atoms. The van der Waals surface area contributed by atoms with E-state index in [1.165, 1.54) is 0 Å². The lowest BCUT2D eigenvalue weighted by Crippen LogP contribution is -2.61. The van der Waals surface area contributed by atoms with E-state index in [1.807, 2.05) is 0 Å². The van der Waals surface area contributed by atoms with Crippen molar-refractivity contribution in [3.63, 3.8) is 0 Å². The van der Waals surface area contributed by atoms with Gasteiger partial charge in [-0.2, -0.15) is 0 Å². The Balaban J connectivity index is 2.77. The molecule has 0 saturated carbocycles. The molecule has 0 aromatic carbocycles. The van der Waals surface area contributed by atoms with E-state index < -0.39 is 51.2 Å². The highest BCUT2D eigenvalue weighted by atomic mass is 31.2. The maximum Gasteiger partial charge on any atom is 0.472 e. The number of nitrogens with two attached hydrogens (primary N) is 1. The van der Waals surface area contributed by atoms with Crippen LogP contribution in [0, 0.1) is 0 Å². The van der Waals surface area contributed by atoms with Crippen LogP contribution >= 0.6 is 7.82 Å². The number of rotatable bonds is 7. The molecular weight excluding hydrogens is 313 g/mol. The van der Waals surface area contributed by atoms with Gasteiger partial charge in [0.1, 0.15) is 30.5 Å². The highest BCUT2D eigenvalue weighted by molar-refractivity contribution is 7.47. The van der Waals surface area contributed by atoms with E-state index in [2.05, 4.69) is 9.05 Å². The summed E-state index contributed by atoms with van der Waals surface area (Å²) in [7, 11) is -4.59. The third kappa shape index (κ3) is 4.91. The van der Waals surface area contributed by atoms with Gasteiger partial charge in [-0.15, -0.1) is 0 Å². The van der Waals surface area contributed by atoms with Crippen molar-refractivity contribution in [3.05, 3.63) is 0 Å². The van der Waals surface area contributed by atoms with Gasteiger partial charge in [0.25, 0.3) is 0 Å². The molecule has 0 amide bonds. The van der Waals surface area contributed by atoms with Crippen LogP contribution in [0.25, 0.3) is 0 Å². The minimum absolute atomic E-state index is 0.0517. The molecule has 1 unspecified atom stereocenters. The van der Waals surface area contributed by atoms with Gasteiger partial charge >= 0.3 is 7.82 Å². The molecule has 21 heavy (non-hydrogen) atoms. The SMILES string of the molecule is NCCOP(=O)(O)O[C@@H](CO)[C@H]1O[C@H](O)[C@@H](O)[C@@H](O)[C@@H]1O. The first kappa shape index (κ1) is 18.9. The number of ether oxygens (including phenoxy) is 1. The summed E-state index contributed by atoms with van der Waals surface area (Å²) in [5.74, 6) is 0. The lowest BCUT2D eigenvalue weighted by Gasteiger charge is -2.41. The third-order valence-electron chi connectivity index (χ3n) is 2.81. The number of aliphatic hydroxyl groups excluding tert-OH is 5. The van der Waals surface area contributed by atoms with Crippen molar-refractivity contribution in [2.45, 2.75) is 36.8 Å². The molecule has 1 aliphatic rings. The van der Waals surface area contributed by atoms with Gasteiger partial charge in [0.2, 0.25) is 0 Å². The van der Waals surface area contributed by atoms with Crippen LogP contribution in [-0.2, 0) is 18.3 Å². The van der Waals surface area contributed by atoms with E-state index in [4.69, 9.17) is 15.6 Å². The second-order valence-electron chi connectivity index (χ2n) is 4.38. The van der Waals surface area contributed by atoms with E-state index >= 15 is 0 Å². The molecule has 1 heterocycles. The Hall–Kier alpha value is -0.170. The molecule has 0 aliphatic carbocycles. The average molecular weight is 333 g/mol. The predicted octanol–water partition coefficient (Wildman–Crippen LogP) is -3.76. The van der Waals surface area contributed by atoms with Crippen molar-refractivity contribution in [3.8, 4) is 0 Å². The molecular formula is C9H20NO10P. The molecule has 1 saturated heterocycles. The number of phosphoric acid groups is 1. The highest BCUT2D eigenvalue weighted by Crippen LogP contribution is 2.45. The zero-order valence-corrected chi connectivity index (χ0v) is 11.8. The maximum absolute atomic E-state index is 11.6. The lowest BCUT2D eigenvalue weighted by atomic mass is 9.96. The van der Waals surface area contributed by atoms with Gasteiger partial charge in [-0.05, 0) is 0 Å². The molecule has 8 N–H and O–H groups in total. The van der Waals surface area contributed by atoms with E-state index in [9.17, 15) is 29.9 Å². The number of hydrogen-bond donors (Lipinski definition) is 7. The van der Waals surface area contributed by atoms with Crippen LogP contribution in [0.5, 0.6) is 0 Å².